The van der Waals surface area contributed by atoms with Crippen LogP contribution in [-0.4, -0.2) is 28.8 Å². The molecule has 0 heterocycles. The predicted molar refractivity (Wildman–Crippen MR) is 128 cm³/mol. The van der Waals surface area contributed by atoms with E-state index >= 15 is 0 Å². The van der Waals surface area contributed by atoms with Gasteiger partial charge >= 0.3 is 0 Å². The summed E-state index contributed by atoms with van der Waals surface area (Å²) in [6.07, 6.45) is 13.6. The Bertz CT molecular complexity index is 609. The number of fused-ring (bicyclic) bond motifs is 5. The van der Waals surface area contributed by atoms with Crippen LogP contribution in [0.15, 0.2) is 0 Å². The van der Waals surface area contributed by atoms with Crippen LogP contribution in [0.4, 0.5) is 0 Å². The third-order valence-corrected chi connectivity index (χ3v) is 11.4. The van der Waals surface area contributed by atoms with Crippen LogP contribution in [-0.2, 0) is 8.85 Å². The first-order chi connectivity index (χ1) is 13.3. The van der Waals surface area contributed by atoms with E-state index in [9.17, 15) is 0 Å². The Labute approximate surface area is 183 Å². The Hall–Kier alpha value is 0.354. The smallest absolute Gasteiger partial charge is 0.184 e. The zero-order chi connectivity index (χ0) is 21.2. The molecule has 0 bridgehead atoms. The van der Waals surface area contributed by atoms with E-state index in [2.05, 4.69) is 53.1 Å². The average molecular weight is 437 g/mol. The van der Waals surface area contributed by atoms with Crippen molar-refractivity contribution in [1.29, 1.82) is 0 Å². The normalized spacial score (nSPS) is 48.0. The molecule has 0 aliphatic heterocycles. The van der Waals surface area contributed by atoms with Crippen molar-refractivity contribution >= 4 is 16.6 Å². The molecule has 4 saturated carbocycles. The van der Waals surface area contributed by atoms with Crippen LogP contribution in [0, 0.1) is 34.5 Å². The summed E-state index contributed by atoms with van der Waals surface area (Å²) in [4.78, 5) is 0. The molecule has 0 radical (unpaired) electrons. The molecule has 0 N–H and O–H groups in total. The first-order valence-corrected chi connectivity index (χ1v) is 19.5. The van der Waals surface area contributed by atoms with Gasteiger partial charge in [-0.2, -0.15) is 0 Å². The summed E-state index contributed by atoms with van der Waals surface area (Å²) in [6.45, 7) is 19.6. The number of hydrogen-bond acceptors (Lipinski definition) is 2. The molecule has 0 aromatic rings. The highest BCUT2D eigenvalue weighted by Gasteiger charge is 2.61. The minimum atomic E-state index is -1.55. The van der Waals surface area contributed by atoms with Crippen LogP contribution in [0.2, 0.25) is 39.3 Å². The molecule has 0 aromatic heterocycles. The molecule has 0 spiro atoms. The standard InChI is InChI=1S/C25H48O2Si2/c1-24-14-9-10-21(24)20-12-11-18-16-19(26-28(3,4)5)13-15-25(18,2)23(20)22(17-24)27-29(6,7)8/h18-23H,9-17H2,1-8H3/t18-,19-,20-,21-,22-,23+,24-,25-/m0/s1. The van der Waals surface area contributed by atoms with Crippen molar-refractivity contribution in [1.82, 2.24) is 0 Å². The maximum Gasteiger partial charge on any atom is 0.184 e. The molecule has 4 aliphatic carbocycles. The van der Waals surface area contributed by atoms with Gasteiger partial charge in [-0.1, -0.05) is 20.3 Å². The highest BCUT2D eigenvalue weighted by molar-refractivity contribution is 6.70. The zero-order valence-corrected chi connectivity index (χ0v) is 22.6. The quantitative estimate of drug-likeness (QED) is 0.425. The van der Waals surface area contributed by atoms with Gasteiger partial charge in [-0.3, -0.25) is 0 Å². The monoisotopic (exact) mass is 436 g/mol. The molecule has 168 valence electrons. The fourth-order valence-electron chi connectivity index (χ4n) is 8.49. The summed E-state index contributed by atoms with van der Waals surface area (Å²) in [6, 6.07) is 0. The second-order valence-electron chi connectivity index (χ2n) is 13.7. The Morgan fingerprint density at radius 1 is 0.793 bits per heavy atom. The van der Waals surface area contributed by atoms with Crippen molar-refractivity contribution < 1.29 is 8.85 Å². The first kappa shape index (κ1) is 22.5. The Morgan fingerprint density at radius 3 is 2.14 bits per heavy atom. The zero-order valence-electron chi connectivity index (χ0n) is 20.6. The van der Waals surface area contributed by atoms with Gasteiger partial charge in [-0.15, -0.1) is 0 Å². The molecular weight excluding hydrogens is 388 g/mol. The first-order valence-electron chi connectivity index (χ1n) is 12.7. The van der Waals surface area contributed by atoms with E-state index in [-0.39, 0.29) is 0 Å². The second-order valence-corrected chi connectivity index (χ2v) is 22.6. The molecule has 4 aliphatic rings. The molecule has 0 saturated heterocycles. The molecule has 4 heteroatoms. The van der Waals surface area contributed by atoms with E-state index in [0.717, 1.165) is 23.7 Å². The summed E-state index contributed by atoms with van der Waals surface area (Å²) in [5, 5.41) is 0. The van der Waals surface area contributed by atoms with Crippen LogP contribution in [0.3, 0.4) is 0 Å². The summed E-state index contributed by atoms with van der Waals surface area (Å²) in [7, 11) is -3.00. The van der Waals surface area contributed by atoms with E-state index in [4.69, 9.17) is 8.85 Å². The molecule has 8 atom stereocenters. The third-order valence-electron chi connectivity index (χ3n) is 9.32. The minimum absolute atomic E-state index is 0.469. The largest absolute Gasteiger partial charge is 0.415 e. The fraction of sp³-hybridized carbons (Fsp3) is 1.00. The average Bonchev–Trinajstić information content (AvgIpc) is 2.93. The molecule has 29 heavy (non-hydrogen) atoms. The van der Waals surface area contributed by atoms with Gasteiger partial charge in [-0.25, -0.2) is 0 Å². The van der Waals surface area contributed by atoms with Crippen molar-refractivity contribution in [2.45, 2.75) is 123 Å². The number of hydrogen-bond donors (Lipinski definition) is 0. The lowest BCUT2D eigenvalue weighted by molar-refractivity contribution is -0.165. The fourth-order valence-corrected chi connectivity index (χ4v) is 10.8. The van der Waals surface area contributed by atoms with Gasteiger partial charge in [0.25, 0.3) is 0 Å². The van der Waals surface area contributed by atoms with Crippen LogP contribution >= 0.6 is 0 Å². The van der Waals surface area contributed by atoms with Gasteiger partial charge in [0.1, 0.15) is 0 Å². The molecule has 2 nitrogen and oxygen atoms in total. The Balaban J connectivity index is 1.61. The lowest BCUT2D eigenvalue weighted by Crippen LogP contribution is -2.60. The van der Waals surface area contributed by atoms with Crippen LogP contribution < -0.4 is 0 Å². The maximum atomic E-state index is 7.06. The van der Waals surface area contributed by atoms with Gasteiger partial charge in [0, 0.05) is 12.2 Å². The van der Waals surface area contributed by atoms with Gasteiger partial charge in [0.15, 0.2) is 16.6 Å². The van der Waals surface area contributed by atoms with Crippen LogP contribution in [0.5, 0.6) is 0 Å². The summed E-state index contributed by atoms with van der Waals surface area (Å²) >= 11 is 0. The van der Waals surface area contributed by atoms with Gasteiger partial charge in [0.2, 0.25) is 0 Å². The number of rotatable bonds is 4. The highest BCUT2D eigenvalue weighted by Crippen LogP contribution is 2.67. The van der Waals surface area contributed by atoms with Crippen molar-refractivity contribution in [3.63, 3.8) is 0 Å². The summed E-state index contributed by atoms with van der Waals surface area (Å²) < 4.78 is 13.7. The van der Waals surface area contributed by atoms with Gasteiger partial charge < -0.3 is 8.85 Å². The Morgan fingerprint density at radius 2 is 1.48 bits per heavy atom. The minimum Gasteiger partial charge on any atom is -0.415 e. The lowest BCUT2D eigenvalue weighted by Gasteiger charge is -2.63. The Kier molecular flexibility index (Phi) is 5.79. The maximum absolute atomic E-state index is 7.06. The van der Waals surface area contributed by atoms with E-state index < -0.39 is 16.6 Å². The van der Waals surface area contributed by atoms with Crippen LogP contribution in [0.25, 0.3) is 0 Å². The predicted octanol–water partition coefficient (Wildman–Crippen LogP) is 7.47. The van der Waals surface area contributed by atoms with Crippen LogP contribution in [0.1, 0.15) is 71.6 Å². The highest BCUT2D eigenvalue weighted by atomic mass is 28.4. The molecule has 0 unspecified atom stereocenters. The summed E-state index contributed by atoms with van der Waals surface area (Å²) in [5.41, 5.74) is 1.02. The van der Waals surface area contributed by atoms with Gasteiger partial charge in [-0.05, 0) is 125 Å². The van der Waals surface area contributed by atoms with Crippen molar-refractivity contribution in [2.24, 2.45) is 34.5 Å². The molecule has 0 amide bonds. The van der Waals surface area contributed by atoms with E-state index in [0.29, 0.717) is 23.0 Å². The molecule has 0 aromatic carbocycles. The van der Waals surface area contributed by atoms with E-state index in [1.807, 2.05) is 0 Å². The van der Waals surface area contributed by atoms with Crippen molar-refractivity contribution in [3.05, 3.63) is 0 Å². The van der Waals surface area contributed by atoms with E-state index in [1.54, 1.807) is 0 Å². The lowest BCUT2D eigenvalue weighted by atomic mass is 9.44. The SMILES string of the molecule is C[C@@]12CCC[C@H]1[C@@H]1CC[C@H]3C[C@@H](O[Si](C)(C)C)CC[C@]3(C)[C@H]1[C@@H](O[Si](C)(C)C)C2. The molecule has 4 fully saturated rings. The topological polar surface area (TPSA) is 18.5 Å². The second kappa shape index (κ2) is 7.45. The van der Waals surface area contributed by atoms with Gasteiger partial charge in [0.05, 0.1) is 0 Å². The third kappa shape index (κ3) is 4.34. The summed E-state index contributed by atoms with van der Waals surface area (Å²) in [5.74, 6) is 3.50. The molecule has 4 rings (SSSR count). The van der Waals surface area contributed by atoms with E-state index in [1.165, 1.54) is 57.8 Å². The van der Waals surface area contributed by atoms with Crippen molar-refractivity contribution in [2.75, 3.05) is 0 Å². The van der Waals surface area contributed by atoms with Crippen molar-refractivity contribution in [3.8, 4) is 0 Å². The molecular formula is C25H48O2Si2.